The van der Waals surface area contributed by atoms with E-state index in [-0.39, 0.29) is 28.4 Å². The van der Waals surface area contributed by atoms with E-state index < -0.39 is 10.0 Å². The predicted octanol–water partition coefficient (Wildman–Crippen LogP) is 1.35. The minimum atomic E-state index is -3.66. The summed E-state index contributed by atoms with van der Waals surface area (Å²) in [4.78, 5) is 11.2. The number of carbonyl (C=O) groups is 1. The first-order valence-electron chi connectivity index (χ1n) is 6.66. The fourth-order valence-corrected chi connectivity index (χ4v) is 4.34. The van der Waals surface area contributed by atoms with E-state index in [2.05, 4.69) is 20.7 Å². The maximum Gasteiger partial charge on any atom is 0.242 e. The maximum absolute atomic E-state index is 12.3. The van der Waals surface area contributed by atoms with Crippen molar-refractivity contribution in [2.45, 2.75) is 36.6 Å². The Morgan fingerprint density at radius 3 is 2.38 bits per heavy atom. The highest BCUT2D eigenvalue weighted by Crippen LogP contribution is 2.27. The average molecular weight is 376 g/mol. The number of benzene rings is 1. The molecule has 1 fully saturated rings. The molecule has 0 radical (unpaired) electrons. The molecule has 0 heterocycles. The second-order valence-electron chi connectivity index (χ2n) is 5.25. The van der Waals surface area contributed by atoms with Crippen molar-refractivity contribution in [1.29, 1.82) is 0 Å². The molecule has 1 amide bonds. The molecule has 0 aromatic heterocycles. The summed E-state index contributed by atoms with van der Waals surface area (Å²) in [6.07, 6.45) is 2.42. The third kappa shape index (κ3) is 3.96. The van der Waals surface area contributed by atoms with Crippen LogP contribution in [-0.4, -0.2) is 20.4 Å². The lowest BCUT2D eigenvalue weighted by atomic mass is 9.86. The van der Waals surface area contributed by atoms with E-state index in [4.69, 9.17) is 11.5 Å². The van der Waals surface area contributed by atoms with Gasteiger partial charge in [-0.25, -0.2) is 13.1 Å². The molecule has 1 aliphatic rings. The zero-order valence-electron chi connectivity index (χ0n) is 11.4. The van der Waals surface area contributed by atoms with Gasteiger partial charge in [-0.2, -0.15) is 0 Å². The molecule has 21 heavy (non-hydrogen) atoms. The van der Waals surface area contributed by atoms with Gasteiger partial charge in [0.2, 0.25) is 15.9 Å². The Bertz CT molecular complexity index is 640. The van der Waals surface area contributed by atoms with E-state index in [1.807, 2.05) is 0 Å². The molecular weight excluding hydrogens is 358 g/mol. The van der Waals surface area contributed by atoms with Gasteiger partial charge < -0.3 is 11.5 Å². The first-order valence-corrected chi connectivity index (χ1v) is 8.94. The molecule has 6 nitrogen and oxygen atoms in total. The summed E-state index contributed by atoms with van der Waals surface area (Å²) in [6.45, 7) is 0. The van der Waals surface area contributed by atoms with Crippen LogP contribution in [0.25, 0.3) is 0 Å². The Morgan fingerprint density at radius 1 is 1.24 bits per heavy atom. The molecule has 8 heteroatoms. The normalized spacial score (nSPS) is 22.9. The van der Waals surface area contributed by atoms with Crippen molar-refractivity contribution < 1.29 is 13.2 Å². The molecule has 1 aromatic carbocycles. The van der Waals surface area contributed by atoms with Crippen molar-refractivity contribution in [1.82, 2.24) is 4.72 Å². The van der Waals surface area contributed by atoms with Crippen LogP contribution in [0.3, 0.4) is 0 Å². The van der Waals surface area contributed by atoms with Crippen molar-refractivity contribution in [2.24, 2.45) is 11.7 Å². The van der Waals surface area contributed by atoms with Gasteiger partial charge in [-0.15, -0.1) is 0 Å². The Morgan fingerprint density at radius 2 is 1.86 bits per heavy atom. The van der Waals surface area contributed by atoms with Crippen LogP contribution in [0.15, 0.2) is 27.6 Å². The Labute approximate surface area is 132 Å². The molecule has 0 spiro atoms. The smallest absolute Gasteiger partial charge is 0.242 e. The van der Waals surface area contributed by atoms with Crippen molar-refractivity contribution >= 4 is 37.5 Å². The third-order valence-corrected chi connectivity index (χ3v) is 5.80. The third-order valence-electron chi connectivity index (χ3n) is 3.71. The van der Waals surface area contributed by atoms with Gasteiger partial charge >= 0.3 is 0 Å². The van der Waals surface area contributed by atoms with E-state index in [0.29, 0.717) is 25.7 Å². The molecule has 0 atom stereocenters. The molecule has 0 unspecified atom stereocenters. The number of amides is 1. The van der Waals surface area contributed by atoms with E-state index in [1.54, 1.807) is 12.1 Å². The quantitative estimate of drug-likeness (QED) is 0.688. The molecule has 0 saturated heterocycles. The summed E-state index contributed by atoms with van der Waals surface area (Å²) in [5.41, 5.74) is 11.2. The molecule has 1 saturated carbocycles. The highest BCUT2D eigenvalue weighted by Gasteiger charge is 2.28. The van der Waals surface area contributed by atoms with Gasteiger partial charge in [0.25, 0.3) is 0 Å². The van der Waals surface area contributed by atoms with Gasteiger partial charge in [0.1, 0.15) is 4.90 Å². The lowest BCUT2D eigenvalue weighted by Crippen LogP contribution is -2.39. The van der Waals surface area contributed by atoms with Crippen LogP contribution in [0.2, 0.25) is 0 Å². The van der Waals surface area contributed by atoms with Crippen LogP contribution in [-0.2, 0) is 14.8 Å². The minimum absolute atomic E-state index is 0.0720. The topological polar surface area (TPSA) is 115 Å². The van der Waals surface area contributed by atoms with E-state index >= 15 is 0 Å². The number of halogens is 1. The first-order chi connectivity index (χ1) is 9.79. The number of nitrogens with one attached hydrogen (secondary N) is 1. The molecule has 5 N–H and O–H groups in total. The summed E-state index contributed by atoms with van der Waals surface area (Å²) < 4.78 is 28.1. The van der Waals surface area contributed by atoms with Crippen molar-refractivity contribution in [3.05, 3.63) is 22.7 Å². The maximum atomic E-state index is 12.3. The standard InChI is InChI=1S/C13H18BrN3O3S/c14-9-3-6-12(11(15)7-9)21(19,20)17-10-4-1-8(2-5-10)13(16)18/h3,6-8,10,17H,1-2,4-5,15H2,(H2,16,18). The average Bonchev–Trinajstić information content (AvgIpc) is 2.38. The van der Waals surface area contributed by atoms with Gasteiger partial charge in [0, 0.05) is 16.4 Å². The molecule has 1 aliphatic carbocycles. The van der Waals surface area contributed by atoms with E-state index in [1.165, 1.54) is 6.07 Å². The number of hydrogen-bond acceptors (Lipinski definition) is 4. The predicted molar refractivity (Wildman–Crippen MR) is 83.8 cm³/mol. The van der Waals surface area contributed by atoms with Crippen LogP contribution in [0.1, 0.15) is 25.7 Å². The Hall–Kier alpha value is -1.12. The van der Waals surface area contributed by atoms with Crippen molar-refractivity contribution in [3.8, 4) is 0 Å². The summed E-state index contributed by atoms with van der Waals surface area (Å²) >= 11 is 3.24. The van der Waals surface area contributed by atoms with Gasteiger partial charge in [0.05, 0.1) is 5.69 Å². The zero-order valence-corrected chi connectivity index (χ0v) is 13.8. The van der Waals surface area contributed by atoms with Crippen LogP contribution in [0.4, 0.5) is 5.69 Å². The number of hydrogen-bond donors (Lipinski definition) is 3. The zero-order chi connectivity index (χ0) is 15.6. The van der Waals surface area contributed by atoms with Gasteiger partial charge in [-0.3, -0.25) is 4.79 Å². The second kappa shape index (κ2) is 6.33. The lowest BCUT2D eigenvalue weighted by molar-refractivity contribution is -0.122. The van der Waals surface area contributed by atoms with Crippen molar-refractivity contribution in [2.75, 3.05) is 5.73 Å². The van der Waals surface area contributed by atoms with Gasteiger partial charge in [-0.1, -0.05) is 15.9 Å². The molecule has 0 bridgehead atoms. The summed E-state index contributed by atoms with van der Waals surface area (Å²) in [5, 5.41) is 0. The fourth-order valence-electron chi connectivity index (χ4n) is 2.54. The molecule has 2 rings (SSSR count). The highest BCUT2D eigenvalue weighted by atomic mass is 79.9. The Balaban J connectivity index is 2.07. The van der Waals surface area contributed by atoms with Crippen LogP contribution >= 0.6 is 15.9 Å². The summed E-state index contributed by atoms with van der Waals surface area (Å²) in [5.74, 6) is -0.461. The number of carbonyl (C=O) groups excluding carboxylic acids is 1. The molecule has 1 aromatic rings. The van der Waals surface area contributed by atoms with Crippen LogP contribution in [0, 0.1) is 5.92 Å². The first kappa shape index (κ1) is 16.3. The summed E-state index contributed by atoms with van der Waals surface area (Å²) in [7, 11) is -3.66. The number of nitrogens with two attached hydrogens (primary N) is 2. The molecular formula is C13H18BrN3O3S. The minimum Gasteiger partial charge on any atom is -0.398 e. The molecule has 116 valence electrons. The van der Waals surface area contributed by atoms with Gasteiger partial charge in [-0.05, 0) is 43.9 Å². The number of anilines is 1. The van der Waals surface area contributed by atoms with Crippen LogP contribution in [0.5, 0.6) is 0 Å². The molecule has 0 aliphatic heterocycles. The van der Waals surface area contributed by atoms with Crippen molar-refractivity contribution in [3.63, 3.8) is 0 Å². The second-order valence-corrected chi connectivity index (χ2v) is 7.85. The highest BCUT2D eigenvalue weighted by molar-refractivity contribution is 9.10. The number of nitrogen functional groups attached to an aromatic ring is 1. The van der Waals surface area contributed by atoms with Gasteiger partial charge in [0.15, 0.2) is 0 Å². The van der Waals surface area contributed by atoms with Crippen LogP contribution < -0.4 is 16.2 Å². The number of primary amides is 1. The number of rotatable bonds is 4. The number of sulfonamides is 1. The van der Waals surface area contributed by atoms with E-state index in [0.717, 1.165) is 4.47 Å². The SMILES string of the molecule is NC(=O)C1CCC(NS(=O)(=O)c2ccc(Br)cc2N)CC1. The fraction of sp³-hybridized carbons (Fsp3) is 0.462. The van der Waals surface area contributed by atoms with E-state index in [9.17, 15) is 13.2 Å². The lowest BCUT2D eigenvalue weighted by Gasteiger charge is -2.27. The summed E-state index contributed by atoms with van der Waals surface area (Å²) in [6, 6.07) is 4.47. The monoisotopic (exact) mass is 375 g/mol. The Kier molecular flexibility index (Phi) is 4.90. The largest absolute Gasteiger partial charge is 0.398 e.